The molecule has 0 spiro atoms. The van der Waals surface area contributed by atoms with Crippen molar-refractivity contribution in [2.45, 2.75) is 6.54 Å². The van der Waals surface area contributed by atoms with Gasteiger partial charge in [-0.15, -0.1) is 11.3 Å². The van der Waals surface area contributed by atoms with E-state index in [0.717, 1.165) is 4.83 Å². The Morgan fingerprint density at radius 1 is 1.62 bits per heavy atom. The van der Waals surface area contributed by atoms with Crippen LogP contribution in [0.5, 0.6) is 0 Å². The predicted octanol–water partition coefficient (Wildman–Crippen LogP) is 1.39. The zero-order valence-corrected chi connectivity index (χ0v) is 8.52. The summed E-state index contributed by atoms with van der Waals surface area (Å²) in [6, 6.07) is 1.81. The molecule has 2 rings (SSSR count). The van der Waals surface area contributed by atoms with Gasteiger partial charge in [-0.2, -0.15) is 12.6 Å². The van der Waals surface area contributed by atoms with E-state index >= 15 is 0 Å². The molecule has 0 aliphatic heterocycles. The van der Waals surface area contributed by atoms with Gasteiger partial charge in [-0.3, -0.25) is 9.36 Å². The van der Waals surface area contributed by atoms with Gasteiger partial charge in [0.25, 0.3) is 5.56 Å². The van der Waals surface area contributed by atoms with E-state index in [4.69, 9.17) is 0 Å². The largest absolute Gasteiger partial charge is 0.298 e. The van der Waals surface area contributed by atoms with Gasteiger partial charge in [0, 0.05) is 12.3 Å². The van der Waals surface area contributed by atoms with Crippen molar-refractivity contribution in [1.82, 2.24) is 9.55 Å². The molecule has 2 aromatic rings. The third kappa shape index (κ3) is 1.49. The highest BCUT2D eigenvalue weighted by molar-refractivity contribution is 7.80. The van der Waals surface area contributed by atoms with Crippen LogP contribution in [-0.4, -0.2) is 15.3 Å². The molecule has 68 valence electrons. The summed E-state index contributed by atoms with van der Waals surface area (Å²) >= 11 is 5.56. The first-order valence-corrected chi connectivity index (χ1v) is 5.37. The van der Waals surface area contributed by atoms with Gasteiger partial charge in [0.05, 0.1) is 11.7 Å². The summed E-state index contributed by atoms with van der Waals surface area (Å²) in [4.78, 5) is 16.6. The molecule has 3 nitrogen and oxygen atoms in total. The monoisotopic (exact) mass is 212 g/mol. The number of fused-ring (bicyclic) bond motifs is 1. The summed E-state index contributed by atoms with van der Waals surface area (Å²) in [5, 5.41) is 2.58. The van der Waals surface area contributed by atoms with E-state index < -0.39 is 0 Å². The fraction of sp³-hybridized carbons (Fsp3) is 0.250. The topological polar surface area (TPSA) is 34.9 Å². The summed E-state index contributed by atoms with van der Waals surface area (Å²) in [6.45, 7) is 0.612. The van der Waals surface area contributed by atoms with Crippen LogP contribution in [0, 0.1) is 0 Å². The standard InChI is InChI=1S/C8H8N2OS2/c11-8-6-1-4-13-7(6)9-5-10(8)2-3-12/h1,4-5,12H,2-3H2. The third-order valence-corrected chi connectivity index (χ3v) is 2.81. The minimum absolute atomic E-state index is 0.0281. The predicted molar refractivity (Wildman–Crippen MR) is 57.7 cm³/mol. The molecule has 0 aliphatic carbocycles. The number of hydrogen-bond acceptors (Lipinski definition) is 4. The first-order chi connectivity index (χ1) is 6.33. The molecule has 0 atom stereocenters. The first-order valence-electron chi connectivity index (χ1n) is 3.86. The Hall–Kier alpha value is -0.810. The Morgan fingerprint density at radius 2 is 2.46 bits per heavy atom. The van der Waals surface area contributed by atoms with Crippen molar-refractivity contribution < 1.29 is 0 Å². The maximum atomic E-state index is 11.7. The quantitative estimate of drug-likeness (QED) is 0.763. The van der Waals surface area contributed by atoms with Crippen LogP contribution in [0.1, 0.15) is 0 Å². The van der Waals surface area contributed by atoms with Gasteiger partial charge in [0.1, 0.15) is 4.83 Å². The highest BCUT2D eigenvalue weighted by Crippen LogP contribution is 2.12. The SMILES string of the molecule is O=c1c2ccsc2ncn1CCS. The molecule has 13 heavy (non-hydrogen) atoms. The average molecular weight is 212 g/mol. The fourth-order valence-electron chi connectivity index (χ4n) is 1.16. The van der Waals surface area contributed by atoms with Crippen molar-refractivity contribution in [3.05, 3.63) is 28.1 Å². The maximum absolute atomic E-state index is 11.7. The van der Waals surface area contributed by atoms with Crippen LogP contribution < -0.4 is 5.56 Å². The van der Waals surface area contributed by atoms with E-state index in [1.807, 2.05) is 11.4 Å². The van der Waals surface area contributed by atoms with E-state index in [1.54, 1.807) is 10.9 Å². The lowest BCUT2D eigenvalue weighted by atomic mass is 10.4. The Balaban J connectivity index is 2.67. The number of thiophene rings is 1. The van der Waals surface area contributed by atoms with Crippen LogP contribution in [0.15, 0.2) is 22.6 Å². The van der Waals surface area contributed by atoms with Crippen molar-refractivity contribution in [3.8, 4) is 0 Å². The minimum Gasteiger partial charge on any atom is -0.298 e. The molecule has 0 unspecified atom stereocenters. The fourth-order valence-corrected chi connectivity index (χ4v) is 2.10. The van der Waals surface area contributed by atoms with Crippen LogP contribution in [0.4, 0.5) is 0 Å². The van der Waals surface area contributed by atoms with Crippen LogP contribution in [0.3, 0.4) is 0 Å². The van der Waals surface area contributed by atoms with Crippen molar-refractivity contribution in [2.75, 3.05) is 5.75 Å². The zero-order valence-electron chi connectivity index (χ0n) is 6.80. The van der Waals surface area contributed by atoms with Crippen LogP contribution in [0.25, 0.3) is 10.2 Å². The lowest BCUT2D eigenvalue weighted by molar-refractivity contribution is 0.727. The summed E-state index contributed by atoms with van der Waals surface area (Å²) in [5.74, 6) is 0.650. The molecule has 0 bridgehead atoms. The summed E-state index contributed by atoms with van der Waals surface area (Å²) in [6.07, 6.45) is 1.58. The molecule has 0 radical (unpaired) electrons. The molecule has 0 saturated heterocycles. The Kier molecular flexibility index (Phi) is 2.37. The second-order valence-corrected chi connectivity index (χ2v) is 3.95. The number of aromatic nitrogens is 2. The smallest absolute Gasteiger partial charge is 0.262 e. The van der Waals surface area contributed by atoms with E-state index in [9.17, 15) is 4.79 Å². The van der Waals surface area contributed by atoms with E-state index in [1.165, 1.54) is 11.3 Å². The van der Waals surface area contributed by atoms with Crippen molar-refractivity contribution in [3.63, 3.8) is 0 Å². The van der Waals surface area contributed by atoms with Crippen LogP contribution in [-0.2, 0) is 6.54 Å². The molecule has 0 fully saturated rings. The summed E-state index contributed by atoms with van der Waals surface area (Å²) < 4.78 is 1.59. The van der Waals surface area contributed by atoms with Crippen molar-refractivity contribution >= 4 is 34.2 Å². The molecule has 2 heterocycles. The molecule has 0 saturated carbocycles. The molecule has 0 aliphatic rings. The van der Waals surface area contributed by atoms with Gasteiger partial charge in [0.15, 0.2) is 0 Å². The summed E-state index contributed by atoms with van der Waals surface area (Å²) in [5.41, 5.74) is 0.0281. The molecule has 2 aromatic heterocycles. The van der Waals surface area contributed by atoms with Crippen molar-refractivity contribution in [2.24, 2.45) is 0 Å². The van der Waals surface area contributed by atoms with E-state index in [2.05, 4.69) is 17.6 Å². The van der Waals surface area contributed by atoms with Gasteiger partial charge in [-0.25, -0.2) is 4.98 Å². The number of rotatable bonds is 2. The van der Waals surface area contributed by atoms with Crippen LogP contribution >= 0.6 is 24.0 Å². The Bertz CT molecular complexity index is 474. The lowest BCUT2D eigenvalue weighted by Gasteiger charge is -2.00. The van der Waals surface area contributed by atoms with Gasteiger partial charge < -0.3 is 0 Å². The molecular weight excluding hydrogens is 204 g/mol. The number of thiol groups is 1. The second-order valence-electron chi connectivity index (χ2n) is 2.61. The van der Waals surface area contributed by atoms with Gasteiger partial charge in [0.2, 0.25) is 0 Å². The molecule has 0 N–H and O–H groups in total. The van der Waals surface area contributed by atoms with Gasteiger partial charge in [-0.05, 0) is 11.4 Å². The number of aryl methyl sites for hydroxylation is 1. The Labute approximate surface area is 84.4 Å². The first kappa shape index (κ1) is 8.77. The average Bonchev–Trinajstić information content (AvgIpc) is 2.58. The number of nitrogens with zero attached hydrogens (tertiary/aromatic N) is 2. The summed E-state index contributed by atoms with van der Waals surface area (Å²) in [7, 11) is 0. The van der Waals surface area contributed by atoms with E-state index in [-0.39, 0.29) is 5.56 Å². The molecule has 0 aromatic carbocycles. The molecular formula is C8H8N2OS2. The van der Waals surface area contributed by atoms with Crippen LogP contribution in [0.2, 0.25) is 0 Å². The second kappa shape index (κ2) is 3.51. The highest BCUT2D eigenvalue weighted by atomic mass is 32.1. The zero-order chi connectivity index (χ0) is 9.26. The lowest BCUT2D eigenvalue weighted by Crippen LogP contribution is -2.20. The Morgan fingerprint density at radius 3 is 3.23 bits per heavy atom. The van der Waals surface area contributed by atoms with Gasteiger partial charge >= 0.3 is 0 Å². The van der Waals surface area contributed by atoms with E-state index in [0.29, 0.717) is 17.7 Å². The minimum atomic E-state index is 0.0281. The third-order valence-electron chi connectivity index (χ3n) is 1.79. The molecule has 0 amide bonds. The van der Waals surface area contributed by atoms with Gasteiger partial charge in [-0.1, -0.05) is 0 Å². The normalized spacial score (nSPS) is 10.8. The highest BCUT2D eigenvalue weighted by Gasteiger charge is 2.03. The molecule has 5 heteroatoms. The maximum Gasteiger partial charge on any atom is 0.262 e. The number of hydrogen-bond donors (Lipinski definition) is 1. The van der Waals surface area contributed by atoms with Crippen molar-refractivity contribution in [1.29, 1.82) is 0 Å².